The van der Waals surface area contributed by atoms with Crippen LogP contribution in [0.15, 0.2) is 34.9 Å². The van der Waals surface area contributed by atoms with Gasteiger partial charge >= 0.3 is 0 Å². The molecule has 1 unspecified atom stereocenters. The molecule has 1 atom stereocenters. The molecule has 1 aromatic carbocycles. The van der Waals surface area contributed by atoms with E-state index in [4.69, 9.17) is 0 Å². The second-order valence-corrected chi connectivity index (χ2v) is 5.92. The van der Waals surface area contributed by atoms with Crippen molar-refractivity contribution in [3.05, 3.63) is 34.9 Å². The molecule has 1 N–H and O–H groups in total. The maximum absolute atomic E-state index is 4.60. The molecule has 100 valence electrons. The summed E-state index contributed by atoms with van der Waals surface area (Å²) in [5.41, 5.74) is 2.35. The molecular formula is C15H18BrN3. The van der Waals surface area contributed by atoms with Crippen LogP contribution in [0.5, 0.6) is 0 Å². The molecule has 0 saturated carbocycles. The van der Waals surface area contributed by atoms with Gasteiger partial charge in [-0.3, -0.25) is 4.98 Å². The Morgan fingerprint density at radius 1 is 1.47 bits per heavy atom. The average Bonchev–Trinajstić information content (AvgIpc) is 2.46. The summed E-state index contributed by atoms with van der Waals surface area (Å²) in [4.78, 5) is 7.05. The highest BCUT2D eigenvalue weighted by Gasteiger charge is 2.19. The van der Waals surface area contributed by atoms with Crippen molar-refractivity contribution in [1.29, 1.82) is 0 Å². The van der Waals surface area contributed by atoms with Crippen molar-refractivity contribution < 1.29 is 0 Å². The van der Waals surface area contributed by atoms with Gasteiger partial charge in [0.2, 0.25) is 0 Å². The molecule has 0 radical (unpaired) electrons. The smallest absolute Gasteiger partial charge is 0.0936 e. The lowest BCUT2D eigenvalue weighted by molar-refractivity contribution is 0.447. The van der Waals surface area contributed by atoms with Crippen molar-refractivity contribution >= 4 is 32.5 Å². The maximum Gasteiger partial charge on any atom is 0.0936 e. The van der Waals surface area contributed by atoms with E-state index in [0.29, 0.717) is 6.04 Å². The topological polar surface area (TPSA) is 28.2 Å². The molecule has 4 heteroatoms. The number of para-hydroxylation sites is 1. The molecule has 3 nitrogen and oxygen atoms in total. The first-order valence-corrected chi connectivity index (χ1v) is 7.60. The highest BCUT2D eigenvalue weighted by Crippen LogP contribution is 2.27. The third kappa shape index (κ3) is 2.60. The van der Waals surface area contributed by atoms with Gasteiger partial charge in [-0.05, 0) is 34.5 Å². The standard InChI is InChI=1S/C15H18BrN3/c1-2-13-10-19(7-6-17-13)14-5-3-4-11-8-12(16)9-18-15(11)14/h3-5,8-9,13,17H,2,6-7,10H2,1H3. The second-order valence-electron chi connectivity index (χ2n) is 5.01. The van der Waals surface area contributed by atoms with Gasteiger partial charge in [0, 0.05) is 41.7 Å². The number of aromatic nitrogens is 1. The summed E-state index contributed by atoms with van der Waals surface area (Å²) in [6.45, 7) is 5.39. The Kier molecular flexibility index (Phi) is 3.71. The third-order valence-corrected chi connectivity index (χ3v) is 4.18. The lowest BCUT2D eigenvalue weighted by Crippen LogP contribution is -2.50. The van der Waals surface area contributed by atoms with Crippen LogP contribution in [0.2, 0.25) is 0 Å². The second kappa shape index (κ2) is 5.47. The number of nitrogens with one attached hydrogen (secondary N) is 1. The first kappa shape index (κ1) is 12.9. The highest BCUT2D eigenvalue weighted by atomic mass is 79.9. The molecule has 2 heterocycles. The average molecular weight is 320 g/mol. The molecule has 1 aliphatic heterocycles. The van der Waals surface area contributed by atoms with Crippen LogP contribution in [-0.4, -0.2) is 30.7 Å². The Morgan fingerprint density at radius 2 is 2.37 bits per heavy atom. The van der Waals surface area contributed by atoms with E-state index >= 15 is 0 Å². The largest absolute Gasteiger partial charge is 0.367 e. The van der Waals surface area contributed by atoms with Crippen molar-refractivity contribution in [2.75, 3.05) is 24.5 Å². The van der Waals surface area contributed by atoms with Crippen LogP contribution in [0.25, 0.3) is 10.9 Å². The molecule has 3 rings (SSSR count). The normalized spacial score (nSPS) is 19.9. The van der Waals surface area contributed by atoms with Crippen molar-refractivity contribution in [1.82, 2.24) is 10.3 Å². The molecule has 1 aromatic heterocycles. The predicted octanol–water partition coefficient (Wildman–Crippen LogP) is 3.19. The number of pyridine rings is 1. The minimum Gasteiger partial charge on any atom is -0.367 e. The van der Waals surface area contributed by atoms with Gasteiger partial charge in [-0.15, -0.1) is 0 Å². The summed E-state index contributed by atoms with van der Waals surface area (Å²) < 4.78 is 1.03. The molecule has 19 heavy (non-hydrogen) atoms. The number of rotatable bonds is 2. The molecular weight excluding hydrogens is 302 g/mol. The highest BCUT2D eigenvalue weighted by molar-refractivity contribution is 9.10. The zero-order chi connectivity index (χ0) is 13.2. The van der Waals surface area contributed by atoms with Gasteiger partial charge in [-0.25, -0.2) is 0 Å². The van der Waals surface area contributed by atoms with Crippen LogP contribution in [0, 0.1) is 0 Å². The minimum atomic E-state index is 0.583. The van der Waals surface area contributed by atoms with Crippen molar-refractivity contribution in [2.24, 2.45) is 0 Å². The Morgan fingerprint density at radius 3 is 3.21 bits per heavy atom. The number of piperazine rings is 1. The van der Waals surface area contributed by atoms with Gasteiger partial charge in [0.05, 0.1) is 11.2 Å². The van der Waals surface area contributed by atoms with Crippen LogP contribution in [0.1, 0.15) is 13.3 Å². The quantitative estimate of drug-likeness (QED) is 0.921. The van der Waals surface area contributed by atoms with E-state index in [1.807, 2.05) is 6.20 Å². The van der Waals surface area contributed by atoms with E-state index in [0.717, 1.165) is 29.6 Å². The number of hydrogen-bond donors (Lipinski definition) is 1. The Balaban J connectivity index is 2.00. The molecule has 1 saturated heterocycles. The molecule has 0 spiro atoms. The van der Waals surface area contributed by atoms with E-state index in [9.17, 15) is 0 Å². The molecule has 0 amide bonds. The number of nitrogens with zero attached hydrogens (tertiary/aromatic N) is 2. The summed E-state index contributed by atoms with van der Waals surface area (Å²) in [7, 11) is 0. The lowest BCUT2D eigenvalue weighted by atomic mass is 10.1. The zero-order valence-electron chi connectivity index (χ0n) is 11.1. The summed E-state index contributed by atoms with van der Waals surface area (Å²) in [6.07, 6.45) is 3.05. The van der Waals surface area contributed by atoms with Crippen molar-refractivity contribution in [3.8, 4) is 0 Å². The Labute approximate surface area is 122 Å². The van der Waals surface area contributed by atoms with E-state index < -0.39 is 0 Å². The van der Waals surface area contributed by atoms with Crippen molar-refractivity contribution in [2.45, 2.75) is 19.4 Å². The fourth-order valence-electron chi connectivity index (χ4n) is 2.69. The van der Waals surface area contributed by atoms with Crippen LogP contribution in [0.3, 0.4) is 0 Å². The summed E-state index contributed by atoms with van der Waals surface area (Å²) in [6, 6.07) is 9.14. The first-order chi connectivity index (χ1) is 9.28. The number of hydrogen-bond acceptors (Lipinski definition) is 3. The Hall–Kier alpha value is -1.13. The predicted molar refractivity (Wildman–Crippen MR) is 83.7 cm³/mol. The molecule has 2 aromatic rings. The van der Waals surface area contributed by atoms with E-state index in [1.165, 1.54) is 17.5 Å². The SMILES string of the molecule is CCC1CN(c2cccc3cc(Br)cnc23)CCN1. The Bertz CT molecular complexity index is 585. The summed E-state index contributed by atoms with van der Waals surface area (Å²) in [5.74, 6) is 0. The number of anilines is 1. The van der Waals surface area contributed by atoms with Gasteiger partial charge in [-0.2, -0.15) is 0 Å². The van der Waals surface area contributed by atoms with Crippen LogP contribution >= 0.6 is 15.9 Å². The van der Waals surface area contributed by atoms with Crippen LogP contribution in [0.4, 0.5) is 5.69 Å². The van der Waals surface area contributed by atoms with Crippen LogP contribution in [-0.2, 0) is 0 Å². The fourth-order valence-corrected chi connectivity index (χ4v) is 3.04. The van der Waals surface area contributed by atoms with E-state index in [2.05, 4.69) is 62.3 Å². The maximum atomic E-state index is 4.60. The van der Waals surface area contributed by atoms with Gasteiger partial charge in [0.25, 0.3) is 0 Å². The monoisotopic (exact) mass is 319 g/mol. The first-order valence-electron chi connectivity index (χ1n) is 6.80. The van der Waals surface area contributed by atoms with E-state index in [1.54, 1.807) is 0 Å². The van der Waals surface area contributed by atoms with Crippen molar-refractivity contribution in [3.63, 3.8) is 0 Å². The fraction of sp³-hybridized carbons (Fsp3) is 0.400. The van der Waals surface area contributed by atoms with Gasteiger partial charge in [0.15, 0.2) is 0 Å². The van der Waals surface area contributed by atoms with Crippen LogP contribution < -0.4 is 10.2 Å². The lowest BCUT2D eigenvalue weighted by Gasteiger charge is -2.35. The summed E-state index contributed by atoms with van der Waals surface area (Å²) >= 11 is 3.49. The van der Waals surface area contributed by atoms with E-state index in [-0.39, 0.29) is 0 Å². The molecule has 1 aliphatic rings. The third-order valence-electron chi connectivity index (χ3n) is 3.75. The van der Waals surface area contributed by atoms with Gasteiger partial charge in [0.1, 0.15) is 0 Å². The summed E-state index contributed by atoms with van der Waals surface area (Å²) in [5, 5.41) is 4.75. The number of fused-ring (bicyclic) bond motifs is 1. The number of benzene rings is 1. The zero-order valence-corrected chi connectivity index (χ0v) is 12.7. The molecule has 1 fully saturated rings. The molecule has 0 bridgehead atoms. The molecule has 0 aliphatic carbocycles. The van der Waals surface area contributed by atoms with Gasteiger partial charge < -0.3 is 10.2 Å². The van der Waals surface area contributed by atoms with Gasteiger partial charge in [-0.1, -0.05) is 19.1 Å². The minimum absolute atomic E-state index is 0.583. The number of halogens is 1.